The Kier molecular flexibility index (Phi) is 13.8. The first-order chi connectivity index (χ1) is 8.97. The van der Waals surface area contributed by atoms with Gasteiger partial charge in [-0.25, -0.2) is 0 Å². The number of aliphatic carboxylic acids is 1. The molecule has 0 fully saturated rings. The molecule has 0 bridgehead atoms. The van der Waals surface area contributed by atoms with Crippen LogP contribution in [-0.4, -0.2) is 49.1 Å². The SMILES string of the molecule is O=C([O-])C(=O)NCC([O-])=NCCN=C([O-])CS.[O]=[99Tc+3]. The van der Waals surface area contributed by atoms with Crippen LogP contribution in [0, 0.1) is 0 Å². The summed E-state index contributed by atoms with van der Waals surface area (Å²) in [5, 5.41) is 33.3. The molecule has 0 aliphatic carbocycles. The zero-order chi connectivity index (χ0) is 15.3. The van der Waals surface area contributed by atoms with Crippen molar-refractivity contribution in [2.75, 3.05) is 25.4 Å². The van der Waals surface area contributed by atoms with Gasteiger partial charge in [-0.15, -0.1) is 0 Å². The topological polar surface area (TPSA) is 157 Å². The second-order valence-electron chi connectivity index (χ2n) is 2.68. The first-order valence-electron chi connectivity index (χ1n) is 4.63. The summed E-state index contributed by atoms with van der Waals surface area (Å²) >= 11 is 4.58. The van der Waals surface area contributed by atoms with Gasteiger partial charge in [0.25, 0.3) is 5.91 Å². The van der Waals surface area contributed by atoms with Crippen LogP contribution in [0.15, 0.2) is 9.98 Å². The number of carboxylic acid groups (broad SMARTS) is 1. The average molecular weight is 375 g/mol. The van der Waals surface area contributed by atoms with Crippen molar-refractivity contribution in [2.24, 2.45) is 9.98 Å². The van der Waals surface area contributed by atoms with Crippen LogP contribution in [0.2, 0.25) is 0 Å². The Morgan fingerprint density at radius 3 is 1.95 bits per heavy atom. The number of carboxylic acids is 1. The number of carbonyl (C=O) groups excluding carboxylic acids is 2. The number of thiol groups is 1. The van der Waals surface area contributed by atoms with Crippen molar-refractivity contribution >= 4 is 36.3 Å². The number of carbonyl (C=O) groups is 2. The van der Waals surface area contributed by atoms with E-state index in [1.165, 1.54) is 0 Å². The molecule has 0 aliphatic heterocycles. The van der Waals surface area contributed by atoms with Crippen LogP contribution >= 0.6 is 12.6 Å². The fourth-order valence-electron chi connectivity index (χ4n) is 0.683. The summed E-state index contributed by atoms with van der Waals surface area (Å²) < 4.78 is 8.22. The molecule has 1 N–H and O–H groups in total. The Hall–Kier alpha value is -1.32. The van der Waals surface area contributed by atoms with Crippen molar-refractivity contribution in [2.45, 2.75) is 0 Å². The number of nitrogens with zero attached hydrogens (tertiary/aromatic N) is 2. The van der Waals surface area contributed by atoms with Crippen molar-refractivity contribution in [3.8, 4) is 0 Å². The second kappa shape index (κ2) is 13.1. The number of amides is 1. The fourth-order valence-corrected chi connectivity index (χ4v) is 0.783. The fraction of sp³-hybridized carbons (Fsp3) is 0.500. The third-order valence-corrected chi connectivity index (χ3v) is 1.67. The quantitative estimate of drug-likeness (QED) is 0.156. The van der Waals surface area contributed by atoms with Crippen LogP contribution in [0.3, 0.4) is 0 Å². The Morgan fingerprint density at radius 1 is 1.05 bits per heavy atom. The molecule has 0 aliphatic rings. The first kappa shape index (κ1) is 20.0. The Balaban J connectivity index is 0. The van der Waals surface area contributed by atoms with Crippen LogP contribution in [-0.2, 0) is 31.9 Å². The van der Waals surface area contributed by atoms with Gasteiger partial charge < -0.3 is 35.4 Å². The molecule has 1 amide bonds. The summed E-state index contributed by atoms with van der Waals surface area (Å²) in [6, 6.07) is 0. The summed E-state index contributed by atoms with van der Waals surface area (Å²) in [5.74, 6) is -4.46. The van der Waals surface area contributed by atoms with E-state index >= 15 is 0 Å². The Labute approximate surface area is 124 Å². The van der Waals surface area contributed by atoms with E-state index < -0.39 is 30.2 Å². The molecular formula is C8H10N3O6STc. The number of hydrogen-bond acceptors (Lipinski definition) is 9. The van der Waals surface area contributed by atoms with Crippen molar-refractivity contribution in [3.63, 3.8) is 0 Å². The number of nitrogens with one attached hydrogen (secondary N) is 1. The van der Waals surface area contributed by atoms with Gasteiger partial charge in [0.05, 0.1) is 13.1 Å². The number of rotatable bonds is 6. The molecule has 0 radical (unpaired) electrons. The summed E-state index contributed by atoms with van der Waals surface area (Å²) in [4.78, 5) is 27.3. The predicted octanol–water partition coefficient (Wildman–Crippen LogP) is -4.82. The van der Waals surface area contributed by atoms with E-state index in [0.717, 1.165) is 18.9 Å². The van der Waals surface area contributed by atoms with Crippen molar-refractivity contribution in [1.29, 1.82) is 0 Å². The van der Waals surface area contributed by atoms with E-state index in [2.05, 4.69) is 22.6 Å². The van der Waals surface area contributed by atoms with E-state index in [1.807, 2.05) is 0 Å². The molecule has 9 nitrogen and oxygen atoms in total. The Morgan fingerprint density at radius 2 is 1.53 bits per heavy atom. The van der Waals surface area contributed by atoms with E-state index in [9.17, 15) is 24.9 Å². The van der Waals surface area contributed by atoms with Gasteiger partial charge in [-0.2, -0.15) is 12.6 Å². The van der Waals surface area contributed by atoms with E-state index in [0.29, 0.717) is 0 Å². The molecule has 0 unspecified atom stereocenters. The molecule has 11 heteroatoms. The molecule has 19 heavy (non-hydrogen) atoms. The predicted molar refractivity (Wildman–Crippen MR) is 57.2 cm³/mol. The van der Waals surface area contributed by atoms with Crippen LogP contribution in [0.1, 0.15) is 0 Å². The summed E-state index contributed by atoms with van der Waals surface area (Å²) in [5.41, 5.74) is 0. The molecule has 0 spiro atoms. The average Bonchev–Trinajstić information content (AvgIpc) is 2.42. The standard InChI is InChI=1S/C8H13N3O5S.O.Tc/c12-5(3-11-7(14)8(15)16)9-1-2-10-6(13)4-17;;/h17H,1-4H2,(H,9,12)(H,10,13)(H,11,14)(H,15,16);;/q;;+3/p-3/i;;1+1. The van der Waals surface area contributed by atoms with Gasteiger partial charge in [0.1, 0.15) is 5.97 Å². The summed E-state index contributed by atoms with van der Waals surface area (Å²) in [6.07, 6.45) is 0. The van der Waals surface area contributed by atoms with Gasteiger partial charge in [-0.1, -0.05) is 0 Å². The molecule has 0 saturated heterocycles. The zero-order valence-corrected chi connectivity index (χ0v) is 12.3. The monoisotopic (exact) mass is 375 g/mol. The van der Waals surface area contributed by atoms with E-state index in [1.54, 1.807) is 5.32 Å². The van der Waals surface area contributed by atoms with Gasteiger partial charge in [0.15, 0.2) is 0 Å². The molecule has 0 aromatic rings. The van der Waals surface area contributed by atoms with Crippen LogP contribution < -0.4 is 20.6 Å². The van der Waals surface area contributed by atoms with Crippen LogP contribution in [0.4, 0.5) is 0 Å². The van der Waals surface area contributed by atoms with Crippen molar-refractivity contribution < 1.29 is 47.3 Å². The maximum atomic E-state index is 10.9. The van der Waals surface area contributed by atoms with Crippen molar-refractivity contribution in [3.05, 3.63) is 0 Å². The molecule has 106 valence electrons. The summed E-state index contributed by atoms with van der Waals surface area (Å²) in [7, 11) is 0. The minimum absolute atomic E-state index is 0.0143. The number of aliphatic imine (C=N–C) groups is 2. The molecule has 0 atom stereocenters. The maximum absolute atomic E-state index is 10.9. The number of hydrogen-bond donors (Lipinski definition) is 2. The van der Waals surface area contributed by atoms with E-state index in [-0.39, 0.29) is 18.8 Å². The van der Waals surface area contributed by atoms with Crippen LogP contribution in [0.5, 0.6) is 0 Å². The zero-order valence-electron chi connectivity index (χ0n) is 9.50. The van der Waals surface area contributed by atoms with Gasteiger partial charge in [0.2, 0.25) is 0 Å². The molecule has 0 rings (SSSR count). The van der Waals surface area contributed by atoms with Gasteiger partial charge in [-0.05, 0) is 11.8 Å². The molecule has 0 heterocycles. The summed E-state index contributed by atoms with van der Waals surface area (Å²) in [6.45, 7) is -0.508. The van der Waals surface area contributed by atoms with Gasteiger partial charge in [-0.3, -0.25) is 4.79 Å². The third kappa shape index (κ3) is 12.9. The Bertz CT molecular complexity index is 362. The molecule has 0 aromatic carbocycles. The minimum atomic E-state index is -1.92. The normalized spacial score (nSPS) is 11.2. The molecule has 0 aromatic heterocycles. The molecular weight excluding hydrogens is 365 g/mol. The second-order valence-corrected chi connectivity index (χ2v) is 3.00. The van der Waals surface area contributed by atoms with Crippen LogP contribution in [0.25, 0.3) is 0 Å². The van der Waals surface area contributed by atoms with E-state index in [4.69, 9.17) is 3.50 Å². The van der Waals surface area contributed by atoms with Gasteiger partial charge in [0, 0.05) is 12.3 Å². The first-order valence-corrected chi connectivity index (χ1v) is 6.02. The third-order valence-electron chi connectivity index (χ3n) is 1.40. The molecule has 0 saturated carbocycles. The van der Waals surface area contributed by atoms with Crippen molar-refractivity contribution in [1.82, 2.24) is 5.32 Å². The van der Waals surface area contributed by atoms with Gasteiger partial charge >= 0.3 is 22.4 Å².